The van der Waals surface area contributed by atoms with Gasteiger partial charge in [-0.2, -0.15) is 0 Å². The van der Waals surface area contributed by atoms with Crippen LogP contribution in [0.15, 0.2) is 18.2 Å². The number of hydrogen-bond acceptors (Lipinski definition) is 6. The molecule has 1 aromatic carbocycles. The number of hydrogen-bond donors (Lipinski definition) is 1. The van der Waals surface area contributed by atoms with E-state index in [4.69, 9.17) is 21.1 Å². The summed E-state index contributed by atoms with van der Waals surface area (Å²) in [5, 5.41) is 2.49. The summed E-state index contributed by atoms with van der Waals surface area (Å²) in [4.78, 5) is 34.4. The highest BCUT2D eigenvalue weighted by Crippen LogP contribution is 2.30. The summed E-state index contributed by atoms with van der Waals surface area (Å²) < 4.78 is 14.9. The highest BCUT2D eigenvalue weighted by molar-refractivity contribution is 6.30. The number of nitrogens with one attached hydrogen (secondary N) is 1. The maximum Gasteiger partial charge on any atom is 0.413 e. The van der Waals surface area contributed by atoms with Crippen LogP contribution in [0.5, 0.6) is 5.75 Å². The molecule has 1 atom stereocenters. The molecule has 2 rings (SSSR count). The summed E-state index contributed by atoms with van der Waals surface area (Å²) in [6.07, 6.45) is -0.466. The Labute approximate surface area is 137 Å². The third-order valence-corrected chi connectivity index (χ3v) is 3.36. The second kappa shape index (κ2) is 7.82. The smallest absolute Gasteiger partial charge is 0.413 e. The van der Waals surface area contributed by atoms with Crippen molar-refractivity contribution in [2.45, 2.75) is 13.3 Å². The monoisotopic (exact) mass is 341 g/mol. The molecule has 1 aromatic rings. The van der Waals surface area contributed by atoms with Crippen molar-refractivity contribution in [3.05, 3.63) is 28.8 Å². The molecule has 7 nitrogen and oxygen atoms in total. The molecule has 0 saturated carbocycles. The zero-order valence-electron chi connectivity index (χ0n) is 12.5. The van der Waals surface area contributed by atoms with E-state index >= 15 is 0 Å². The molecular formula is C15H16ClNO6. The fourth-order valence-electron chi connectivity index (χ4n) is 2.09. The lowest BCUT2D eigenvalue weighted by molar-refractivity contribution is -0.153. The maximum absolute atomic E-state index is 12.0. The van der Waals surface area contributed by atoms with E-state index in [1.165, 1.54) is 0 Å². The number of carbonyl (C=O) groups excluding carboxylic acids is 3. The highest BCUT2D eigenvalue weighted by Gasteiger charge is 2.28. The van der Waals surface area contributed by atoms with E-state index < -0.39 is 30.5 Å². The second-order valence-electron chi connectivity index (χ2n) is 4.84. The van der Waals surface area contributed by atoms with Crippen LogP contribution in [0.2, 0.25) is 5.02 Å². The number of amides is 2. The summed E-state index contributed by atoms with van der Waals surface area (Å²) in [5.41, 5.74) is 0.807. The van der Waals surface area contributed by atoms with Gasteiger partial charge in [-0.1, -0.05) is 11.6 Å². The number of ether oxygens (including phenoxy) is 3. The first-order valence-corrected chi connectivity index (χ1v) is 7.42. The second-order valence-corrected chi connectivity index (χ2v) is 5.28. The largest absolute Gasteiger partial charge is 0.492 e. The fourth-order valence-corrected chi connectivity index (χ4v) is 2.28. The Bertz CT molecular complexity index is 618. The van der Waals surface area contributed by atoms with Crippen LogP contribution in [-0.4, -0.2) is 37.8 Å². The van der Waals surface area contributed by atoms with Gasteiger partial charge in [-0.25, -0.2) is 4.79 Å². The number of esters is 1. The van der Waals surface area contributed by atoms with Crippen LogP contribution in [0.4, 0.5) is 4.79 Å². The maximum atomic E-state index is 12.0. The van der Waals surface area contributed by atoms with E-state index in [2.05, 4.69) is 4.74 Å². The first-order chi connectivity index (χ1) is 11.0. The lowest BCUT2D eigenvalue weighted by atomic mass is 9.97. The minimum absolute atomic E-state index is 0.139. The SMILES string of the molecule is CCOC(=O)NC(=O)COC(=O)[C@@H]1COc2ccc(Cl)cc2C1. The summed E-state index contributed by atoms with van der Waals surface area (Å²) in [5.74, 6) is -1.18. The first-order valence-electron chi connectivity index (χ1n) is 7.04. The molecule has 1 aliphatic heterocycles. The Hall–Kier alpha value is -2.28. The van der Waals surface area contributed by atoms with E-state index in [1.807, 2.05) is 5.32 Å². The highest BCUT2D eigenvalue weighted by atomic mass is 35.5. The van der Waals surface area contributed by atoms with Crippen molar-refractivity contribution in [2.75, 3.05) is 19.8 Å². The van der Waals surface area contributed by atoms with Gasteiger partial charge in [-0.15, -0.1) is 0 Å². The topological polar surface area (TPSA) is 90.9 Å². The van der Waals surface area contributed by atoms with Crippen molar-refractivity contribution in [2.24, 2.45) is 5.92 Å². The Morgan fingerprint density at radius 3 is 2.87 bits per heavy atom. The van der Waals surface area contributed by atoms with Crippen molar-refractivity contribution in [1.29, 1.82) is 0 Å². The van der Waals surface area contributed by atoms with Gasteiger partial charge < -0.3 is 14.2 Å². The summed E-state index contributed by atoms with van der Waals surface area (Å²) in [6, 6.07) is 5.18. The Morgan fingerprint density at radius 2 is 2.13 bits per heavy atom. The number of alkyl carbamates (subject to hydrolysis) is 1. The molecule has 1 N–H and O–H groups in total. The lowest BCUT2D eigenvalue weighted by Crippen LogP contribution is -2.36. The molecule has 8 heteroatoms. The molecule has 1 aliphatic rings. The first kappa shape index (κ1) is 17.1. The normalized spacial score (nSPS) is 15.8. The van der Waals surface area contributed by atoms with E-state index in [9.17, 15) is 14.4 Å². The average molecular weight is 342 g/mol. The van der Waals surface area contributed by atoms with E-state index in [1.54, 1.807) is 25.1 Å². The van der Waals surface area contributed by atoms with Crippen LogP contribution in [0.25, 0.3) is 0 Å². The van der Waals surface area contributed by atoms with Crippen LogP contribution >= 0.6 is 11.6 Å². The molecule has 0 aromatic heterocycles. The summed E-state index contributed by atoms with van der Waals surface area (Å²) in [6.45, 7) is 1.35. The van der Waals surface area contributed by atoms with E-state index in [-0.39, 0.29) is 13.2 Å². The van der Waals surface area contributed by atoms with Crippen molar-refractivity contribution in [1.82, 2.24) is 5.32 Å². The molecule has 1 heterocycles. The van der Waals surface area contributed by atoms with Crippen molar-refractivity contribution < 1.29 is 28.6 Å². The minimum atomic E-state index is -0.877. The predicted molar refractivity (Wildman–Crippen MR) is 80.3 cm³/mol. The van der Waals surface area contributed by atoms with Gasteiger partial charge in [0, 0.05) is 5.02 Å². The van der Waals surface area contributed by atoms with Gasteiger partial charge in [0.25, 0.3) is 5.91 Å². The molecule has 2 amide bonds. The van der Waals surface area contributed by atoms with Gasteiger partial charge in [0.05, 0.1) is 12.5 Å². The molecule has 0 radical (unpaired) electrons. The van der Waals surface area contributed by atoms with Gasteiger partial charge in [-0.05, 0) is 37.1 Å². The standard InChI is InChI=1S/C15H16ClNO6/c1-2-21-15(20)17-13(18)8-23-14(19)10-5-9-6-11(16)3-4-12(9)22-7-10/h3-4,6,10H,2,5,7-8H2,1H3,(H,17,18,20)/t10-/m0/s1. The Kier molecular flexibility index (Phi) is 5.81. The third kappa shape index (κ3) is 4.85. The van der Waals surface area contributed by atoms with Gasteiger partial charge >= 0.3 is 12.1 Å². The Morgan fingerprint density at radius 1 is 1.35 bits per heavy atom. The molecule has 0 saturated heterocycles. The van der Waals surface area contributed by atoms with Gasteiger partial charge in [0.2, 0.25) is 0 Å². The van der Waals surface area contributed by atoms with Crippen molar-refractivity contribution in [3.63, 3.8) is 0 Å². The summed E-state index contributed by atoms with van der Waals surface area (Å²) >= 11 is 5.91. The molecule has 0 bridgehead atoms. The predicted octanol–water partition coefficient (Wildman–Crippen LogP) is 1.71. The molecule has 124 valence electrons. The number of fused-ring (bicyclic) bond motifs is 1. The fraction of sp³-hybridized carbons (Fsp3) is 0.400. The van der Waals surface area contributed by atoms with Crippen LogP contribution in [0, 0.1) is 5.92 Å². The van der Waals surface area contributed by atoms with Crippen LogP contribution in [0.1, 0.15) is 12.5 Å². The third-order valence-electron chi connectivity index (χ3n) is 3.12. The molecule has 0 aliphatic carbocycles. The molecule has 23 heavy (non-hydrogen) atoms. The average Bonchev–Trinajstić information content (AvgIpc) is 2.52. The molecular weight excluding hydrogens is 326 g/mol. The quantitative estimate of drug-likeness (QED) is 0.838. The Balaban J connectivity index is 1.83. The zero-order valence-corrected chi connectivity index (χ0v) is 13.2. The van der Waals surface area contributed by atoms with E-state index in [0.29, 0.717) is 17.2 Å². The minimum Gasteiger partial charge on any atom is -0.492 e. The van der Waals surface area contributed by atoms with Crippen LogP contribution in [-0.2, 0) is 25.5 Å². The molecule has 0 spiro atoms. The van der Waals surface area contributed by atoms with Crippen molar-refractivity contribution in [3.8, 4) is 5.75 Å². The number of rotatable bonds is 4. The molecule has 0 fully saturated rings. The van der Waals surface area contributed by atoms with Gasteiger partial charge in [0.15, 0.2) is 6.61 Å². The lowest BCUT2D eigenvalue weighted by Gasteiger charge is -2.24. The van der Waals surface area contributed by atoms with Crippen molar-refractivity contribution >= 4 is 29.6 Å². The number of imide groups is 1. The van der Waals surface area contributed by atoms with E-state index in [0.717, 1.165) is 5.56 Å². The van der Waals surface area contributed by atoms with Crippen LogP contribution in [0.3, 0.4) is 0 Å². The van der Waals surface area contributed by atoms with Crippen LogP contribution < -0.4 is 10.1 Å². The number of halogens is 1. The number of benzene rings is 1. The zero-order chi connectivity index (χ0) is 16.8. The van der Waals surface area contributed by atoms with Gasteiger partial charge in [-0.3, -0.25) is 14.9 Å². The molecule has 0 unspecified atom stereocenters. The number of carbonyl (C=O) groups is 3. The summed E-state index contributed by atoms with van der Waals surface area (Å²) in [7, 11) is 0. The van der Waals surface area contributed by atoms with Gasteiger partial charge in [0.1, 0.15) is 12.4 Å².